The van der Waals surface area contributed by atoms with Crippen LogP contribution in [0.5, 0.6) is 0 Å². The number of rotatable bonds is 8. The van der Waals surface area contributed by atoms with Crippen LogP contribution in [0.25, 0.3) is 11.3 Å². The number of benzene rings is 1. The summed E-state index contributed by atoms with van der Waals surface area (Å²) in [5.41, 5.74) is 14.1. The predicted molar refractivity (Wildman–Crippen MR) is 132 cm³/mol. The number of amides is 2. The molecule has 2 amide bonds. The van der Waals surface area contributed by atoms with Crippen LogP contribution in [0.2, 0.25) is 0 Å². The highest BCUT2D eigenvalue weighted by Gasteiger charge is 2.37. The molecule has 1 aromatic heterocycles. The number of carbonyl (C=O) groups excluding carboxylic acids is 2. The lowest BCUT2D eigenvalue weighted by Gasteiger charge is -2.42. The van der Waals surface area contributed by atoms with E-state index in [0.717, 1.165) is 12.8 Å². The van der Waals surface area contributed by atoms with Crippen LogP contribution >= 0.6 is 0 Å². The molecule has 0 spiro atoms. The topological polar surface area (TPSA) is 160 Å². The lowest BCUT2D eigenvalue weighted by molar-refractivity contribution is -0.122. The van der Waals surface area contributed by atoms with Crippen LogP contribution in [0.15, 0.2) is 36.2 Å². The number of aliphatic hydroxyl groups is 1. The molecule has 1 atom stereocenters. The minimum absolute atomic E-state index is 0.0483. The maximum atomic E-state index is 12.6. The van der Waals surface area contributed by atoms with Crippen molar-refractivity contribution in [3.8, 4) is 11.3 Å². The Balaban J connectivity index is 1.72. The molecule has 1 aliphatic rings. The molecule has 34 heavy (non-hydrogen) atoms. The summed E-state index contributed by atoms with van der Waals surface area (Å²) < 4.78 is 1.55. The lowest BCUT2D eigenvalue weighted by atomic mass is 9.63. The van der Waals surface area contributed by atoms with Gasteiger partial charge < -0.3 is 22.0 Å². The average molecular weight is 467 g/mol. The van der Waals surface area contributed by atoms with E-state index in [1.54, 1.807) is 35.9 Å². The summed E-state index contributed by atoms with van der Waals surface area (Å²) in [4.78, 5) is 24.6. The zero-order valence-corrected chi connectivity index (χ0v) is 20.3. The monoisotopic (exact) mass is 466 g/mol. The number of aromatic nitrogens is 2. The van der Waals surface area contributed by atoms with Gasteiger partial charge in [0.15, 0.2) is 5.88 Å². The first-order valence-electron chi connectivity index (χ1n) is 11.4. The molecule has 1 fully saturated rings. The Hall–Kier alpha value is -3.62. The van der Waals surface area contributed by atoms with Crippen molar-refractivity contribution >= 4 is 23.3 Å². The molecule has 1 aromatic carbocycles. The van der Waals surface area contributed by atoms with Gasteiger partial charge in [0.25, 0.3) is 5.91 Å². The normalized spacial score (nSPS) is 16.7. The highest BCUT2D eigenvalue weighted by Crippen LogP contribution is 2.45. The first kappa shape index (κ1) is 25.0. The van der Waals surface area contributed by atoms with Crippen LogP contribution in [0.3, 0.4) is 0 Å². The van der Waals surface area contributed by atoms with Crippen molar-refractivity contribution < 1.29 is 14.7 Å². The van der Waals surface area contributed by atoms with E-state index in [2.05, 4.69) is 24.3 Å². The molecule has 1 saturated carbocycles. The number of allylic oxidation sites excluding steroid dienone is 1. The molecule has 1 aliphatic carbocycles. The molecule has 0 radical (unpaired) electrons. The van der Waals surface area contributed by atoms with E-state index in [1.807, 2.05) is 13.8 Å². The maximum Gasteiger partial charge on any atom is 0.254 e. The highest BCUT2D eigenvalue weighted by atomic mass is 16.3. The molecule has 0 saturated heterocycles. The first-order chi connectivity index (χ1) is 15.8. The molecule has 7 N–H and O–H groups in total. The zero-order valence-electron chi connectivity index (χ0n) is 20.3. The summed E-state index contributed by atoms with van der Waals surface area (Å²) in [5, 5.41) is 25.2. The molecule has 0 bridgehead atoms. The molecule has 0 aliphatic heterocycles. The number of anilines is 1. The summed E-state index contributed by atoms with van der Waals surface area (Å²) >= 11 is 0. The van der Waals surface area contributed by atoms with Crippen LogP contribution in [0.1, 0.15) is 75.3 Å². The van der Waals surface area contributed by atoms with Crippen LogP contribution in [-0.2, 0) is 4.79 Å². The summed E-state index contributed by atoms with van der Waals surface area (Å²) in [6, 6.07) is 6.97. The maximum absolute atomic E-state index is 12.6. The Labute approximate surface area is 199 Å². The molecule has 1 unspecified atom stereocenters. The second-order valence-corrected chi connectivity index (χ2v) is 10.1. The smallest absolute Gasteiger partial charge is 0.254 e. The van der Waals surface area contributed by atoms with Crippen LogP contribution in [0, 0.1) is 16.7 Å². The van der Waals surface area contributed by atoms with Crippen molar-refractivity contribution in [2.45, 2.75) is 59.4 Å². The molecule has 9 heteroatoms. The number of primary amides is 1. The van der Waals surface area contributed by atoms with Gasteiger partial charge in [0, 0.05) is 29.3 Å². The Morgan fingerprint density at radius 1 is 1.24 bits per heavy atom. The van der Waals surface area contributed by atoms with Crippen LogP contribution in [-0.4, -0.2) is 32.4 Å². The molecular weight excluding hydrogens is 432 g/mol. The van der Waals surface area contributed by atoms with E-state index in [4.69, 9.17) is 16.9 Å². The number of nitrogens with zero attached hydrogens (tertiary/aromatic N) is 2. The van der Waals surface area contributed by atoms with Crippen LogP contribution in [0.4, 0.5) is 5.82 Å². The van der Waals surface area contributed by atoms with Gasteiger partial charge in [0.1, 0.15) is 17.1 Å². The molecule has 9 nitrogen and oxygen atoms in total. The highest BCUT2D eigenvalue weighted by molar-refractivity contribution is 6.03. The Morgan fingerprint density at radius 2 is 1.82 bits per heavy atom. The fourth-order valence-corrected chi connectivity index (χ4v) is 4.40. The summed E-state index contributed by atoms with van der Waals surface area (Å²) in [5.74, 6) is -1.62. The number of aliphatic hydroxyl groups excluding tert-OH is 1. The largest absolute Gasteiger partial charge is 0.494 e. The minimum atomic E-state index is -0.658. The fourth-order valence-electron chi connectivity index (χ4n) is 4.40. The average Bonchev–Trinajstić information content (AvgIpc) is 3.08. The number of hydrogen-bond donors (Lipinski definition) is 5. The lowest BCUT2D eigenvalue weighted by Crippen LogP contribution is -2.36. The second-order valence-electron chi connectivity index (χ2n) is 10.1. The SMILES string of the molecule is CC(C(=O)N/C(O)=C/C(=N)C1CC(C)(C)C1)c1ccc(-c2nn(C(C)C)c(N)c2C(N)=O)cc1. The van der Waals surface area contributed by atoms with Crippen molar-refractivity contribution in [2.24, 2.45) is 17.1 Å². The zero-order chi connectivity index (χ0) is 25.4. The van der Waals surface area contributed by atoms with Gasteiger partial charge in [-0.3, -0.25) is 14.9 Å². The van der Waals surface area contributed by atoms with Gasteiger partial charge in [-0.1, -0.05) is 38.1 Å². The van der Waals surface area contributed by atoms with Gasteiger partial charge in [-0.05, 0) is 44.6 Å². The van der Waals surface area contributed by atoms with E-state index >= 15 is 0 Å². The number of nitrogen functional groups attached to an aromatic ring is 1. The minimum Gasteiger partial charge on any atom is -0.494 e. The van der Waals surface area contributed by atoms with Gasteiger partial charge in [-0.25, -0.2) is 4.68 Å². The van der Waals surface area contributed by atoms with Gasteiger partial charge >= 0.3 is 0 Å². The third-order valence-corrected chi connectivity index (χ3v) is 6.34. The molecule has 1 heterocycles. The first-order valence-corrected chi connectivity index (χ1v) is 11.4. The summed E-state index contributed by atoms with van der Waals surface area (Å²) in [7, 11) is 0. The predicted octanol–water partition coefficient (Wildman–Crippen LogP) is 3.89. The van der Waals surface area contributed by atoms with Crippen LogP contribution < -0.4 is 16.8 Å². The van der Waals surface area contributed by atoms with E-state index in [0.29, 0.717) is 22.5 Å². The molecule has 3 rings (SSSR count). The van der Waals surface area contributed by atoms with Crippen molar-refractivity contribution in [2.75, 3.05) is 5.73 Å². The van der Waals surface area contributed by atoms with E-state index in [1.165, 1.54) is 6.08 Å². The Morgan fingerprint density at radius 3 is 2.32 bits per heavy atom. The van der Waals surface area contributed by atoms with E-state index in [9.17, 15) is 14.7 Å². The number of nitrogens with one attached hydrogen (secondary N) is 2. The standard InChI is InChI=1S/C25H34N6O3/c1-13(2)31-22(27)20(23(28)33)21(30-31)16-8-6-15(7-9-16)14(3)24(34)29-19(32)10-18(26)17-11-25(4,5)12-17/h6-10,13-14,17,26,32H,11-12,27H2,1-5H3,(H2,28,33)(H,29,34)/b19-10-,26-18?. The van der Waals surface area contributed by atoms with Crippen molar-refractivity contribution in [1.29, 1.82) is 5.41 Å². The van der Waals surface area contributed by atoms with E-state index in [-0.39, 0.29) is 34.6 Å². The Kier molecular flexibility index (Phi) is 6.86. The summed E-state index contributed by atoms with van der Waals surface area (Å²) in [6.45, 7) is 9.82. The van der Waals surface area contributed by atoms with Gasteiger partial charge in [-0.15, -0.1) is 0 Å². The quantitative estimate of drug-likeness (QED) is 0.294. The van der Waals surface area contributed by atoms with Crippen molar-refractivity contribution in [1.82, 2.24) is 15.1 Å². The number of hydrogen-bond acceptors (Lipinski definition) is 6. The molecular formula is C25H34N6O3. The van der Waals surface area contributed by atoms with Crippen molar-refractivity contribution in [3.05, 3.63) is 47.4 Å². The van der Waals surface area contributed by atoms with Gasteiger partial charge in [0.05, 0.1) is 5.92 Å². The number of nitrogens with two attached hydrogens (primary N) is 2. The van der Waals surface area contributed by atoms with Gasteiger partial charge in [-0.2, -0.15) is 5.10 Å². The third-order valence-electron chi connectivity index (χ3n) is 6.34. The third kappa shape index (κ3) is 5.13. The van der Waals surface area contributed by atoms with Crippen molar-refractivity contribution in [3.63, 3.8) is 0 Å². The van der Waals surface area contributed by atoms with E-state index < -0.39 is 17.7 Å². The van der Waals surface area contributed by atoms with Gasteiger partial charge in [0.2, 0.25) is 5.91 Å². The number of carbonyl (C=O) groups is 2. The molecule has 2 aromatic rings. The second kappa shape index (κ2) is 9.32. The Bertz CT molecular complexity index is 1140. The molecule has 182 valence electrons. The fraction of sp³-hybridized carbons (Fsp3) is 0.440. The summed E-state index contributed by atoms with van der Waals surface area (Å²) in [6.07, 6.45) is 3.10.